The molecule has 1 heterocycles. The third-order valence-corrected chi connectivity index (χ3v) is 2.69. The molecule has 0 bridgehead atoms. The van der Waals surface area contributed by atoms with Crippen LogP contribution >= 0.6 is 12.4 Å². The van der Waals surface area contributed by atoms with E-state index >= 15 is 0 Å². The summed E-state index contributed by atoms with van der Waals surface area (Å²) in [4.78, 5) is 15.4. The van der Waals surface area contributed by atoms with Gasteiger partial charge in [-0.3, -0.25) is 4.79 Å². The molecule has 0 radical (unpaired) electrons. The number of hydrogen-bond acceptors (Lipinski definition) is 4. The van der Waals surface area contributed by atoms with Crippen molar-refractivity contribution in [3.63, 3.8) is 0 Å². The van der Waals surface area contributed by atoms with Crippen LogP contribution in [0.4, 0.5) is 0 Å². The van der Waals surface area contributed by atoms with Crippen molar-refractivity contribution in [2.45, 2.75) is 13.0 Å². The van der Waals surface area contributed by atoms with Gasteiger partial charge in [0, 0.05) is 19.5 Å². The molecular weight excluding hydrogens is 278 g/mol. The number of rotatable bonds is 6. The Hall–Kier alpha value is -1.92. The molecule has 6 nitrogen and oxygen atoms in total. The van der Waals surface area contributed by atoms with E-state index in [1.165, 1.54) is 6.33 Å². The van der Waals surface area contributed by atoms with Crippen molar-refractivity contribution in [3.05, 3.63) is 42.5 Å². The van der Waals surface area contributed by atoms with Crippen molar-refractivity contribution < 1.29 is 4.79 Å². The van der Waals surface area contributed by atoms with Crippen LogP contribution in [0.3, 0.4) is 0 Å². The van der Waals surface area contributed by atoms with Crippen LogP contribution in [0.15, 0.2) is 36.9 Å². The average Bonchev–Trinajstić information content (AvgIpc) is 2.97. The second-order valence-corrected chi connectivity index (χ2v) is 4.14. The SMILES string of the molecule is CNCCC(=O)NCc1cccc(-n2cncn2)c1.Cl. The molecule has 0 aliphatic rings. The van der Waals surface area contributed by atoms with Gasteiger partial charge in [0.25, 0.3) is 0 Å². The minimum Gasteiger partial charge on any atom is -0.352 e. The van der Waals surface area contributed by atoms with Crippen molar-refractivity contribution in [2.75, 3.05) is 13.6 Å². The number of carbonyl (C=O) groups excluding carboxylic acids is 1. The summed E-state index contributed by atoms with van der Waals surface area (Å²) in [6, 6.07) is 7.83. The highest BCUT2D eigenvalue weighted by Crippen LogP contribution is 2.08. The van der Waals surface area contributed by atoms with Crippen molar-refractivity contribution in [2.24, 2.45) is 0 Å². The first-order chi connectivity index (χ1) is 9.29. The van der Waals surface area contributed by atoms with Gasteiger partial charge in [0.05, 0.1) is 5.69 Å². The fourth-order valence-corrected chi connectivity index (χ4v) is 1.68. The van der Waals surface area contributed by atoms with Crippen LogP contribution in [-0.4, -0.2) is 34.3 Å². The summed E-state index contributed by atoms with van der Waals surface area (Å²) in [5.41, 5.74) is 1.96. The number of amides is 1. The molecule has 108 valence electrons. The molecule has 2 N–H and O–H groups in total. The van der Waals surface area contributed by atoms with Gasteiger partial charge >= 0.3 is 0 Å². The molecule has 0 aliphatic heterocycles. The van der Waals surface area contributed by atoms with Gasteiger partial charge in [-0.05, 0) is 24.7 Å². The van der Waals surface area contributed by atoms with Gasteiger partial charge in [0.15, 0.2) is 0 Å². The smallest absolute Gasteiger partial charge is 0.221 e. The Morgan fingerprint density at radius 2 is 2.25 bits per heavy atom. The average molecular weight is 296 g/mol. The summed E-state index contributed by atoms with van der Waals surface area (Å²) >= 11 is 0. The van der Waals surface area contributed by atoms with Crippen molar-refractivity contribution in [3.8, 4) is 5.69 Å². The van der Waals surface area contributed by atoms with E-state index in [2.05, 4.69) is 20.7 Å². The standard InChI is InChI=1S/C13H17N5O.ClH/c1-14-6-5-13(19)16-8-11-3-2-4-12(7-11)18-10-15-9-17-18;/h2-4,7,9-10,14H,5-6,8H2,1H3,(H,16,19);1H. The van der Waals surface area contributed by atoms with Crippen LogP contribution < -0.4 is 10.6 Å². The van der Waals surface area contributed by atoms with Gasteiger partial charge in [-0.1, -0.05) is 12.1 Å². The molecule has 1 aromatic carbocycles. The Kier molecular flexibility index (Phi) is 6.69. The van der Waals surface area contributed by atoms with Crippen molar-refractivity contribution in [1.82, 2.24) is 25.4 Å². The van der Waals surface area contributed by atoms with Gasteiger partial charge in [0.2, 0.25) is 5.91 Å². The lowest BCUT2D eigenvalue weighted by Crippen LogP contribution is -2.26. The molecule has 0 fully saturated rings. The monoisotopic (exact) mass is 295 g/mol. The van der Waals surface area contributed by atoms with E-state index in [4.69, 9.17) is 0 Å². The van der Waals surface area contributed by atoms with E-state index in [9.17, 15) is 4.79 Å². The van der Waals surface area contributed by atoms with Gasteiger partial charge in [-0.15, -0.1) is 12.4 Å². The third-order valence-electron chi connectivity index (χ3n) is 2.69. The number of nitrogens with zero attached hydrogens (tertiary/aromatic N) is 3. The topological polar surface area (TPSA) is 71.8 Å². The molecule has 0 saturated heterocycles. The molecule has 1 aromatic heterocycles. The minimum atomic E-state index is 0. The molecular formula is C13H18ClN5O. The van der Waals surface area contributed by atoms with E-state index < -0.39 is 0 Å². The maximum atomic E-state index is 11.5. The van der Waals surface area contributed by atoms with E-state index in [0.29, 0.717) is 19.5 Å². The summed E-state index contributed by atoms with van der Waals surface area (Å²) < 4.78 is 1.69. The van der Waals surface area contributed by atoms with Crippen molar-refractivity contribution in [1.29, 1.82) is 0 Å². The van der Waals surface area contributed by atoms with Crippen molar-refractivity contribution >= 4 is 18.3 Å². The largest absolute Gasteiger partial charge is 0.352 e. The molecule has 20 heavy (non-hydrogen) atoms. The zero-order valence-electron chi connectivity index (χ0n) is 11.2. The zero-order valence-corrected chi connectivity index (χ0v) is 12.1. The summed E-state index contributed by atoms with van der Waals surface area (Å²) in [5.74, 6) is 0.0421. The molecule has 7 heteroatoms. The van der Waals surface area contributed by atoms with Gasteiger partial charge < -0.3 is 10.6 Å². The fourth-order valence-electron chi connectivity index (χ4n) is 1.68. The first-order valence-electron chi connectivity index (χ1n) is 6.15. The maximum Gasteiger partial charge on any atom is 0.221 e. The maximum absolute atomic E-state index is 11.5. The van der Waals surface area contributed by atoms with Crippen LogP contribution in [0.1, 0.15) is 12.0 Å². The first-order valence-corrected chi connectivity index (χ1v) is 6.15. The number of aromatic nitrogens is 3. The lowest BCUT2D eigenvalue weighted by atomic mass is 10.2. The van der Waals surface area contributed by atoms with Crippen LogP contribution in [0.25, 0.3) is 5.69 Å². The number of hydrogen-bond donors (Lipinski definition) is 2. The predicted molar refractivity (Wildman–Crippen MR) is 79.0 cm³/mol. The van der Waals surface area contributed by atoms with Gasteiger partial charge in [-0.2, -0.15) is 5.10 Å². The molecule has 0 unspecified atom stereocenters. The van der Waals surface area contributed by atoms with E-state index in [-0.39, 0.29) is 18.3 Å². The highest BCUT2D eigenvalue weighted by atomic mass is 35.5. The third kappa shape index (κ3) is 4.64. The van der Waals surface area contributed by atoms with Crippen LogP contribution in [0, 0.1) is 0 Å². The highest BCUT2D eigenvalue weighted by molar-refractivity contribution is 5.85. The van der Waals surface area contributed by atoms with Gasteiger partial charge in [-0.25, -0.2) is 9.67 Å². The Morgan fingerprint density at radius 3 is 2.95 bits per heavy atom. The number of benzene rings is 1. The predicted octanol–water partition coefficient (Wildman–Crippen LogP) is 0.915. The molecule has 0 spiro atoms. The molecule has 2 rings (SSSR count). The number of nitrogens with one attached hydrogen (secondary N) is 2. The van der Waals surface area contributed by atoms with E-state index in [1.807, 2.05) is 31.3 Å². The number of halogens is 1. The Labute approximate surface area is 124 Å². The fraction of sp³-hybridized carbons (Fsp3) is 0.308. The quantitative estimate of drug-likeness (QED) is 0.831. The lowest BCUT2D eigenvalue weighted by Gasteiger charge is -2.07. The molecule has 0 atom stereocenters. The summed E-state index contributed by atoms with van der Waals surface area (Å²) in [6.45, 7) is 1.20. The second-order valence-electron chi connectivity index (χ2n) is 4.14. The second kappa shape index (κ2) is 8.29. The Bertz CT molecular complexity index is 529. The molecule has 0 saturated carbocycles. The van der Waals surface area contributed by atoms with E-state index in [0.717, 1.165) is 11.3 Å². The van der Waals surface area contributed by atoms with Crippen LogP contribution in [-0.2, 0) is 11.3 Å². The summed E-state index contributed by atoms with van der Waals surface area (Å²) in [6.07, 6.45) is 3.62. The minimum absolute atomic E-state index is 0. The normalized spacial score (nSPS) is 9.85. The summed E-state index contributed by atoms with van der Waals surface area (Å²) in [7, 11) is 1.83. The van der Waals surface area contributed by atoms with E-state index in [1.54, 1.807) is 11.0 Å². The Balaban J connectivity index is 0.00000200. The van der Waals surface area contributed by atoms with Crippen LogP contribution in [0.5, 0.6) is 0 Å². The highest BCUT2D eigenvalue weighted by Gasteiger charge is 2.02. The van der Waals surface area contributed by atoms with Gasteiger partial charge in [0.1, 0.15) is 12.7 Å². The summed E-state index contributed by atoms with van der Waals surface area (Å²) in [5, 5.41) is 9.90. The Morgan fingerprint density at radius 1 is 1.40 bits per heavy atom. The number of carbonyl (C=O) groups is 1. The molecule has 1 amide bonds. The molecule has 0 aliphatic carbocycles. The van der Waals surface area contributed by atoms with Crippen LogP contribution in [0.2, 0.25) is 0 Å². The first kappa shape index (κ1) is 16.1. The zero-order chi connectivity index (χ0) is 13.5. The lowest BCUT2D eigenvalue weighted by molar-refractivity contribution is -0.121. The molecule has 2 aromatic rings.